The van der Waals surface area contributed by atoms with Crippen molar-refractivity contribution in [2.24, 2.45) is 0 Å². The van der Waals surface area contributed by atoms with Crippen molar-refractivity contribution >= 4 is 18.2 Å². The molecule has 1 heterocycles. The van der Waals surface area contributed by atoms with Crippen LogP contribution in [0.3, 0.4) is 0 Å². The molecule has 5 heteroatoms. The molecule has 0 spiro atoms. The smallest absolute Gasteiger partial charge is 0.342 e. The van der Waals surface area contributed by atoms with Gasteiger partial charge >= 0.3 is 11.9 Å². The molecule has 1 radical (unpaired) electrons. The number of carboxylic acid groups (broad SMARTS) is 2. The number of hydrogen-bond acceptors (Lipinski definition) is 3. The highest BCUT2D eigenvalue weighted by Crippen LogP contribution is 2.03. The van der Waals surface area contributed by atoms with Gasteiger partial charge in [-0.15, -0.1) is 0 Å². The van der Waals surface area contributed by atoms with E-state index < -0.39 is 11.9 Å². The van der Waals surface area contributed by atoms with Crippen molar-refractivity contribution < 1.29 is 19.8 Å². The van der Waals surface area contributed by atoms with E-state index in [4.69, 9.17) is 10.2 Å². The Kier molecular flexibility index (Phi) is 2.05. The van der Waals surface area contributed by atoms with Gasteiger partial charge in [-0.3, -0.25) is 0 Å². The van der Waals surface area contributed by atoms with Crippen LogP contribution in [-0.2, 0) is 9.59 Å². The number of aliphatic carboxylic acids is 2. The van der Waals surface area contributed by atoms with Gasteiger partial charge in [0.25, 0.3) is 12.4 Å². The Hall–Kier alpha value is -1.91. The fraction of sp³-hybridized carbons (Fsp3) is 0. The molecule has 0 atom stereocenters. The first-order chi connectivity index (χ1) is 5.61. The Balaban J connectivity index is 2.99. The summed E-state index contributed by atoms with van der Waals surface area (Å²) in [7, 11) is 0. The second-order valence-corrected chi connectivity index (χ2v) is 2.07. The largest absolute Gasteiger partial charge is 0.477 e. The van der Waals surface area contributed by atoms with Crippen LogP contribution in [0.15, 0.2) is 23.4 Å². The van der Waals surface area contributed by atoms with Crippen LogP contribution in [0.25, 0.3) is 0 Å². The first-order valence-electron chi connectivity index (χ1n) is 3.03. The molecular formula is C7H5NO4+. The lowest BCUT2D eigenvalue weighted by atomic mass is 10.1. The fourth-order valence-electron chi connectivity index (χ4n) is 0.674. The van der Waals surface area contributed by atoms with Crippen LogP contribution in [0.2, 0.25) is 0 Å². The molecule has 0 saturated carbocycles. The molecule has 0 aromatic carbocycles. The third-order valence-corrected chi connectivity index (χ3v) is 1.23. The van der Waals surface area contributed by atoms with Gasteiger partial charge < -0.3 is 10.2 Å². The van der Waals surface area contributed by atoms with E-state index in [0.717, 1.165) is 18.5 Å². The van der Waals surface area contributed by atoms with Gasteiger partial charge in [0.2, 0.25) is 0 Å². The van der Waals surface area contributed by atoms with Gasteiger partial charge in [-0.1, -0.05) is 0 Å². The molecule has 12 heavy (non-hydrogen) atoms. The van der Waals surface area contributed by atoms with E-state index >= 15 is 0 Å². The molecule has 0 aromatic rings. The van der Waals surface area contributed by atoms with E-state index in [2.05, 4.69) is 4.99 Å². The van der Waals surface area contributed by atoms with Crippen LogP contribution in [-0.4, -0.2) is 28.4 Å². The zero-order valence-corrected chi connectivity index (χ0v) is 5.89. The van der Waals surface area contributed by atoms with Crippen molar-refractivity contribution in [1.82, 2.24) is 4.99 Å². The zero-order valence-electron chi connectivity index (χ0n) is 5.89. The monoisotopic (exact) mass is 167 g/mol. The summed E-state index contributed by atoms with van der Waals surface area (Å²) in [6.45, 7) is 0. The molecule has 1 rings (SSSR count). The van der Waals surface area contributed by atoms with E-state index in [1.165, 1.54) is 0 Å². The molecule has 0 aliphatic carbocycles. The minimum absolute atomic E-state index is 0.130. The Labute approximate surface area is 67.4 Å². The predicted molar refractivity (Wildman–Crippen MR) is 39.6 cm³/mol. The maximum Gasteiger partial charge on any atom is 0.342 e. The average Bonchev–Trinajstić information content (AvgIpc) is 2.04. The standard InChI is InChI=1S/C7H5NO4/c9-6(10)4-1-5(7(11)12)3-8-2-4/h1-3H,(H,9,10)(H,11,12)/q+1. The zero-order chi connectivity index (χ0) is 9.14. The Morgan fingerprint density at radius 2 is 1.75 bits per heavy atom. The molecule has 0 saturated heterocycles. The summed E-state index contributed by atoms with van der Waals surface area (Å²) < 4.78 is 0. The summed E-state index contributed by atoms with van der Waals surface area (Å²) >= 11 is 0. The Bertz CT molecular complexity index is 310. The fourth-order valence-corrected chi connectivity index (χ4v) is 0.674. The maximum absolute atomic E-state index is 10.3. The number of carbonyl (C=O) groups is 2. The summed E-state index contributed by atoms with van der Waals surface area (Å²) in [6.07, 6.45) is 3.24. The first kappa shape index (κ1) is 8.19. The summed E-state index contributed by atoms with van der Waals surface area (Å²) in [6, 6.07) is 0. The maximum atomic E-state index is 10.3. The molecule has 0 bridgehead atoms. The highest BCUT2D eigenvalue weighted by Gasteiger charge is 2.19. The number of nitrogens with zero attached hydrogens (tertiary/aromatic N) is 1. The van der Waals surface area contributed by atoms with Crippen molar-refractivity contribution in [3.05, 3.63) is 23.4 Å². The van der Waals surface area contributed by atoms with Crippen LogP contribution in [0.4, 0.5) is 0 Å². The van der Waals surface area contributed by atoms with Gasteiger partial charge in [-0.05, 0) is 6.08 Å². The molecule has 0 fully saturated rings. The third-order valence-electron chi connectivity index (χ3n) is 1.23. The van der Waals surface area contributed by atoms with Crippen molar-refractivity contribution in [3.8, 4) is 0 Å². The molecule has 1 aliphatic heterocycles. The van der Waals surface area contributed by atoms with Gasteiger partial charge in [0.1, 0.15) is 11.1 Å². The van der Waals surface area contributed by atoms with E-state index in [-0.39, 0.29) is 11.1 Å². The SMILES string of the molecule is O=C(O)C1=C[N+]=CC(C(=O)O)=C1. The Morgan fingerprint density at radius 3 is 2.25 bits per heavy atom. The summed E-state index contributed by atoms with van der Waals surface area (Å²) in [5.74, 6) is -2.38. The minimum atomic E-state index is -1.19. The number of aliphatic imine (C=N–C) groups is 1. The second kappa shape index (κ2) is 3.00. The van der Waals surface area contributed by atoms with Crippen LogP contribution in [0, 0.1) is 0 Å². The lowest BCUT2D eigenvalue weighted by Crippen LogP contribution is -2.11. The van der Waals surface area contributed by atoms with Crippen LogP contribution in [0.1, 0.15) is 0 Å². The number of hydrogen-bond donors (Lipinski definition) is 2. The van der Waals surface area contributed by atoms with Crippen molar-refractivity contribution in [2.75, 3.05) is 0 Å². The predicted octanol–water partition coefficient (Wildman–Crippen LogP) is -0.614. The molecule has 2 N–H and O–H groups in total. The molecule has 0 amide bonds. The number of carboxylic acids is 2. The van der Waals surface area contributed by atoms with Crippen molar-refractivity contribution in [3.63, 3.8) is 0 Å². The molecule has 0 unspecified atom stereocenters. The molecule has 5 nitrogen and oxygen atoms in total. The third kappa shape index (κ3) is 1.57. The average molecular weight is 167 g/mol. The van der Waals surface area contributed by atoms with Gasteiger partial charge in [0.15, 0.2) is 0 Å². The quantitative estimate of drug-likeness (QED) is 0.574. The Morgan fingerprint density at radius 1 is 1.17 bits per heavy atom. The van der Waals surface area contributed by atoms with Gasteiger partial charge in [0.05, 0.1) is 4.99 Å². The lowest BCUT2D eigenvalue weighted by Gasteiger charge is -1.92. The normalized spacial score (nSPS) is 15.0. The van der Waals surface area contributed by atoms with Crippen LogP contribution in [0.5, 0.6) is 0 Å². The highest BCUT2D eigenvalue weighted by atomic mass is 16.4. The molecular weight excluding hydrogens is 162 g/mol. The summed E-state index contributed by atoms with van der Waals surface area (Å²) in [5, 5.41) is 16.9. The molecule has 61 valence electrons. The van der Waals surface area contributed by atoms with Gasteiger partial charge in [-0.2, -0.15) is 0 Å². The van der Waals surface area contributed by atoms with Gasteiger partial charge in [-0.25, -0.2) is 9.59 Å². The molecule has 0 aromatic heterocycles. The number of rotatable bonds is 2. The topological polar surface area (TPSA) is 88.7 Å². The van der Waals surface area contributed by atoms with Crippen molar-refractivity contribution in [1.29, 1.82) is 0 Å². The first-order valence-corrected chi connectivity index (χ1v) is 3.03. The van der Waals surface area contributed by atoms with E-state index in [0.29, 0.717) is 0 Å². The summed E-state index contributed by atoms with van der Waals surface area (Å²) in [5.41, 5.74) is -0.259. The van der Waals surface area contributed by atoms with Crippen LogP contribution < -0.4 is 4.99 Å². The van der Waals surface area contributed by atoms with E-state index in [1.54, 1.807) is 0 Å². The van der Waals surface area contributed by atoms with Crippen LogP contribution >= 0.6 is 0 Å². The second-order valence-electron chi connectivity index (χ2n) is 2.07. The lowest BCUT2D eigenvalue weighted by molar-refractivity contribution is -0.132. The van der Waals surface area contributed by atoms with Gasteiger partial charge in [0, 0.05) is 0 Å². The highest BCUT2D eigenvalue weighted by molar-refractivity contribution is 6.11. The minimum Gasteiger partial charge on any atom is -0.477 e. The summed E-state index contributed by atoms with van der Waals surface area (Å²) in [4.78, 5) is 24.2. The van der Waals surface area contributed by atoms with E-state index in [1.807, 2.05) is 0 Å². The van der Waals surface area contributed by atoms with Crippen molar-refractivity contribution in [2.45, 2.75) is 0 Å². The van der Waals surface area contributed by atoms with E-state index in [9.17, 15) is 9.59 Å². The molecule has 1 aliphatic rings.